The van der Waals surface area contributed by atoms with Crippen molar-refractivity contribution >= 4 is 27.0 Å². The highest BCUT2D eigenvalue weighted by Gasteiger charge is 2.50. The SMILES string of the molecule is Cc1noc(-c2cccc(-c3cc(F)c(C4(C)CS(=O)(=O)C(C)(C)C(N)=N4)s3)c2)n1. The molecule has 1 unspecified atom stereocenters. The molecule has 1 aliphatic rings. The van der Waals surface area contributed by atoms with E-state index in [9.17, 15) is 12.8 Å². The van der Waals surface area contributed by atoms with Crippen LogP contribution in [0.15, 0.2) is 39.8 Å². The van der Waals surface area contributed by atoms with Crippen molar-refractivity contribution in [1.29, 1.82) is 0 Å². The van der Waals surface area contributed by atoms with Crippen LogP contribution < -0.4 is 5.73 Å². The largest absolute Gasteiger partial charge is 0.386 e. The molecule has 30 heavy (non-hydrogen) atoms. The van der Waals surface area contributed by atoms with Crippen LogP contribution in [-0.2, 0) is 15.4 Å². The van der Waals surface area contributed by atoms with Gasteiger partial charge >= 0.3 is 0 Å². The van der Waals surface area contributed by atoms with Crippen LogP contribution in [0.25, 0.3) is 21.9 Å². The van der Waals surface area contributed by atoms with Crippen molar-refractivity contribution in [3.05, 3.63) is 46.9 Å². The lowest BCUT2D eigenvalue weighted by Crippen LogP contribution is -2.54. The van der Waals surface area contributed by atoms with Crippen LogP contribution >= 0.6 is 11.3 Å². The van der Waals surface area contributed by atoms with E-state index in [0.717, 1.165) is 16.9 Å². The third-order valence-electron chi connectivity index (χ3n) is 5.33. The molecule has 7 nitrogen and oxygen atoms in total. The van der Waals surface area contributed by atoms with Crippen molar-refractivity contribution in [3.63, 3.8) is 0 Å². The van der Waals surface area contributed by atoms with Gasteiger partial charge in [0.05, 0.1) is 10.6 Å². The van der Waals surface area contributed by atoms with Crippen LogP contribution in [0.5, 0.6) is 0 Å². The fraction of sp³-hybridized carbons (Fsp3) is 0.350. The number of nitrogens with zero attached hydrogens (tertiary/aromatic N) is 3. The number of benzene rings is 1. The third kappa shape index (κ3) is 3.24. The Labute approximate surface area is 177 Å². The summed E-state index contributed by atoms with van der Waals surface area (Å²) in [6, 6.07) is 8.68. The zero-order valence-electron chi connectivity index (χ0n) is 16.9. The Morgan fingerprint density at radius 3 is 2.53 bits per heavy atom. The Bertz CT molecular complexity index is 1280. The first-order chi connectivity index (χ1) is 13.9. The molecule has 1 aliphatic heterocycles. The van der Waals surface area contributed by atoms with Gasteiger partial charge in [0, 0.05) is 10.4 Å². The Morgan fingerprint density at radius 1 is 1.20 bits per heavy atom. The molecule has 0 saturated carbocycles. The smallest absolute Gasteiger partial charge is 0.257 e. The normalized spacial score (nSPS) is 22.6. The van der Waals surface area contributed by atoms with E-state index < -0.39 is 25.9 Å². The predicted molar refractivity (Wildman–Crippen MR) is 115 cm³/mol. The summed E-state index contributed by atoms with van der Waals surface area (Å²) in [4.78, 5) is 9.51. The van der Waals surface area contributed by atoms with Crippen LogP contribution in [0.2, 0.25) is 0 Å². The van der Waals surface area contributed by atoms with Gasteiger partial charge in [-0.3, -0.25) is 4.99 Å². The van der Waals surface area contributed by atoms with Gasteiger partial charge in [-0.2, -0.15) is 4.98 Å². The zero-order chi connectivity index (χ0) is 21.9. The topological polar surface area (TPSA) is 111 Å². The summed E-state index contributed by atoms with van der Waals surface area (Å²) in [5.74, 6) is 0.0508. The molecule has 0 amide bonds. The van der Waals surface area contributed by atoms with E-state index in [1.54, 1.807) is 13.8 Å². The summed E-state index contributed by atoms with van der Waals surface area (Å²) in [6.07, 6.45) is 0. The summed E-state index contributed by atoms with van der Waals surface area (Å²) in [6.45, 7) is 6.36. The number of aliphatic imine (C=N–C) groups is 1. The average Bonchev–Trinajstić information content (AvgIpc) is 3.26. The van der Waals surface area contributed by atoms with Gasteiger partial charge in [-0.05, 0) is 51.5 Å². The summed E-state index contributed by atoms with van der Waals surface area (Å²) in [5, 5.41) is 3.79. The Morgan fingerprint density at radius 2 is 1.90 bits per heavy atom. The van der Waals surface area contributed by atoms with Crippen LogP contribution in [0.1, 0.15) is 31.5 Å². The van der Waals surface area contributed by atoms with E-state index in [-0.39, 0.29) is 16.5 Å². The van der Waals surface area contributed by atoms with E-state index in [1.165, 1.54) is 19.9 Å². The first-order valence-corrected chi connectivity index (χ1v) is 11.7. The van der Waals surface area contributed by atoms with E-state index in [2.05, 4.69) is 15.1 Å². The highest BCUT2D eigenvalue weighted by Crippen LogP contribution is 2.43. The van der Waals surface area contributed by atoms with Gasteiger partial charge in [0.15, 0.2) is 15.7 Å². The van der Waals surface area contributed by atoms with Gasteiger partial charge in [-0.25, -0.2) is 12.8 Å². The van der Waals surface area contributed by atoms with Crippen LogP contribution in [-0.4, -0.2) is 34.9 Å². The number of hydrogen-bond acceptors (Lipinski definition) is 8. The highest BCUT2D eigenvalue weighted by molar-refractivity contribution is 7.93. The molecule has 3 aromatic rings. The highest BCUT2D eigenvalue weighted by atomic mass is 32.2. The maximum atomic E-state index is 15.0. The van der Waals surface area contributed by atoms with Crippen LogP contribution in [0, 0.1) is 12.7 Å². The maximum Gasteiger partial charge on any atom is 0.257 e. The number of aryl methyl sites for hydroxylation is 1. The predicted octanol–water partition coefficient (Wildman–Crippen LogP) is 3.69. The summed E-state index contributed by atoms with van der Waals surface area (Å²) < 4.78 is 44.5. The Balaban J connectivity index is 1.77. The van der Waals surface area contributed by atoms with Crippen molar-refractivity contribution in [1.82, 2.24) is 10.1 Å². The lowest BCUT2D eigenvalue weighted by molar-refractivity contribution is 0.425. The minimum absolute atomic E-state index is 0.0145. The van der Waals surface area contributed by atoms with Gasteiger partial charge in [0.2, 0.25) is 0 Å². The van der Waals surface area contributed by atoms with Gasteiger partial charge in [0.1, 0.15) is 21.9 Å². The third-order valence-corrected chi connectivity index (χ3v) is 9.45. The van der Waals surface area contributed by atoms with E-state index >= 15 is 0 Å². The number of halogens is 1. The zero-order valence-corrected chi connectivity index (χ0v) is 18.6. The minimum atomic E-state index is -3.62. The van der Waals surface area contributed by atoms with Crippen LogP contribution in [0.4, 0.5) is 4.39 Å². The Kier molecular flexibility index (Phi) is 4.62. The van der Waals surface area contributed by atoms with Gasteiger partial charge in [0.25, 0.3) is 5.89 Å². The first kappa shape index (κ1) is 20.7. The quantitative estimate of drug-likeness (QED) is 0.654. The molecule has 0 fully saturated rings. The number of nitrogens with two attached hydrogens (primary N) is 1. The molecule has 0 radical (unpaired) electrons. The second kappa shape index (κ2) is 6.71. The number of amidine groups is 1. The number of thiophene rings is 1. The molecule has 0 saturated heterocycles. The van der Waals surface area contributed by atoms with E-state index in [0.29, 0.717) is 22.2 Å². The molecular formula is C20H21FN4O3S2. The van der Waals surface area contributed by atoms with E-state index in [1.807, 2.05) is 24.3 Å². The molecule has 0 bridgehead atoms. The molecule has 0 spiro atoms. The summed E-state index contributed by atoms with van der Waals surface area (Å²) in [7, 11) is -3.62. The van der Waals surface area contributed by atoms with Crippen LogP contribution in [0.3, 0.4) is 0 Å². The molecule has 1 aromatic carbocycles. The van der Waals surface area contributed by atoms with Crippen molar-refractivity contribution < 1.29 is 17.3 Å². The molecule has 4 rings (SSSR count). The number of sulfone groups is 1. The fourth-order valence-electron chi connectivity index (χ4n) is 3.36. The minimum Gasteiger partial charge on any atom is -0.386 e. The molecule has 2 aromatic heterocycles. The first-order valence-electron chi connectivity index (χ1n) is 9.22. The second-order valence-corrected chi connectivity index (χ2v) is 11.6. The number of rotatable bonds is 3. The molecule has 3 heterocycles. The van der Waals surface area contributed by atoms with E-state index in [4.69, 9.17) is 10.3 Å². The van der Waals surface area contributed by atoms with Gasteiger partial charge in [-0.15, -0.1) is 11.3 Å². The second-order valence-electron chi connectivity index (χ2n) is 8.06. The van der Waals surface area contributed by atoms with Gasteiger partial charge < -0.3 is 10.3 Å². The monoisotopic (exact) mass is 448 g/mol. The van der Waals surface area contributed by atoms with Crippen molar-refractivity contribution in [2.45, 2.75) is 38.0 Å². The number of aromatic nitrogens is 2. The summed E-state index contributed by atoms with van der Waals surface area (Å²) >= 11 is 1.16. The fourth-order valence-corrected chi connectivity index (χ4v) is 6.24. The molecule has 1 atom stereocenters. The standard InChI is InChI=1S/C20H21FN4O3S2/c1-11-23-17(28-25-11)13-7-5-6-12(8-13)15-9-14(21)16(29-15)20(4)10-30(26,27)19(2,3)18(22)24-20/h5-9H,10H2,1-4H3,(H2,22,24). The average molecular weight is 449 g/mol. The molecule has 2 N–H and O–H groups in total. The lowest BCUT2D eigenvalue weighted by atomic mass is 10.0. The van der Waals surface area contributed by atoms with Crippen molar-refractivity contribution in [2.24, 2.45) is 10.7 Å². The lowest BCUT2D eigenvalue weighted by Gasteiger charge is -2.37. The van der Waals surface area contributed by atoms with Crippen molar-refractivity contribution in [2.75, 3.05) is 5.75 Å². The molecule has 0 aliphatic carbocycles. The molecule has 158 valence electrons. The number of hydrogen-bond donors (Lipinski definition) is 1. The molecular weight excluding hydrogens is 427 g/mol. The van der Waals surface area contributed by atoms with Gasteiger partial charge in [-0.1, -0.05) is 17.3 Å². The van der Waals surface area contributed by atoms with Crippen molar-refractivity contribution in [3.8, 4) is 21.9 Å². The Hall–Kier alpha value is -2.59. The maximum absolute atomic E-state index is 15.0. The molecule has 10 heteroatoms. The summed E-state index contributed by atoms with van der Waals surface area (Å²) in [5.41, 5.74) is 6.16.